The zero-order valence-corrected chi connectivity index (χ0v) is 23.3. The van der Waals surface area contributed by atoms with Gasteiger partial charge < -0.3 is 20.1 Å². The van der Waals surface area contributed by atoms with Gasteiger partial charge in [0.25, 0.3) is 0 Å². The van der Waals surface area contributed by atoms with Crippen molar-refractivity contribution in [3.8, 4) is 0 Å². The van der Waals surface area contributed by atoms with Crippen molar-refractivity contribution in [1.82, 2.24) is 15.5 Å². The molecule has 3 amide bonds. The maximum Gasteiger partial charge on any atom is 0.306 e. The van der Waals surface area contributed by atoms with Crippen molar-refractivity contribution in [3.05, 3.63) is 71.8 Å². The van der Waals surface area contributed by atoms with E-state index in [0.29, 0.717) is 38.8 Å². The Kier molecular flexibility index (Phi) is 13.3. The molecule has 1 saturated heterocycles. The summed E-state index contributed by atoms with van der Waals surface area (Å²) in [6.07, 6.45) is 3.35. The van der Waals surface area contributed by atoms with Crippen LogP contribution in [0.1, 0.15) is 63.0 Å². The van der Waals surface area contributed by atoms with E-state index in [1.54, 1.807) is 0 Å². The Morgan fingerprint density at radius 3 is 2.25 bits per heavy atom. The second kappa shape index (κ2) is 17.2. The van der Waals surface area contributed by atoms with Crippen LogP contribution >= 0.6 is 0 Å². The summed E-state index contributed by atoms with van der Waals surface area (Å²) in [5.74, 6) is -1.34. The lowest BCUT2D eigenvalue weighted by molar-refractivity contribution is -0.146. The predicted molar refractivity (Wildman–Crippen MR) is 151 cm³/mol. The number of rotatable bonds is 16. The van der Waals surface area contributed by atoms with Crippen LogP contribution in [-0.4, -0.2) is 60.4 Å². The van der Waals surface area contributed by atoms with E-state index in [0.717, 1.165) is 24.0 Å². The number of amides is 3. The van der Waals surface area contributed by atoms with E-state index < -0.39 is 11.9 Å². The van der Waals surface area contributed by atoms with Gasteiger partial charge in [-0.15, -0.1) is 0 Å². The van der Waals surface area contributed by atoms with Gasteiger partial charge in [-0.2, -0.15) is 0 Å². The Morgan fingerprint density at radius 2 is 1.57 bits per heavy atom. The molecule has 1 aliphatic heterocycles. The minimum Gasteiger partial charge on any atom is -0.461 e. The van der Waals surface area contributed by atoms with Gasteiger partial charge in [0.1, 0.15) is 6.61 Å². The molecule has 2 aromatic rings. The highest BCUT2D eigenvalue weighted by Gasteiger charge is 2.35. The molecule has 0 aliphatic carbocycles. The quantitative estimate of drug-likeness (QED) is 0.242. The zero-order chi connectivity index (χ0) is 28.6. The number of carbonyl (C=O) groups excluding carboxylic acids is 4. The number of ether oxygens (including phenoxy) is 2. The summed E-state index contributed by atoms with van der Waals surface area (Å²) in [5, 5.41) is 5.81. The van der Waals surface area contributed by atoms with Gasteiger partial charge in [0, 0.05) is 25.9 Å². The molecule has 9 heteroatoms. The van der Waals surface area contributed by atoms with Crippen LogP contribution in [0.4, 0.5) is 0 Å². The van der Waals surface area contributed by atoms with Crippen molar-refractivity contribution in [3.63, 3.8) is 0 Å². The molecule has 1 fully saturated rings. The third-order valence-corrected chi connectivity index (χ3v) is 6.73. The molecule has 9 nitrogen and oxygen atoms in total. The maximum absolute atomic E-state index is 13.4. The van der Waals surface area contributed by atoms with Crippen LogP contribution in [0.25, 0.3) is 0 Å². The molecule has 0 spiro atoms. The fourth-order valence-electron chi connectivity index (χ4n) is 4.40. The first-order valence-electron chi connectivity index (χ1n) is 14.2. The first-order chi connectivity index (χ1) is 19.5. The summed E-state index contributed by atoms with van der Waals surface area (Å²) in [6, 6.07) is 18.7. The van der Waals surface area contributed by atoms with Gasteiger partial charge in [-0.05, 0) is 36.8 Å². The van der Waals surface area contributed by atoms with Crippen LogP contribution in [-0.2, 0) is 41.9 Å². The van der Waals surface area contributed by atoms with Gasteiger partial charge in [0.2, 0.25) is 17.7 Å². The molecule has 3 rings (SSSR count). The number of nitrogens with zero attached hydrogens (tertiary/aromatic N) is 1. The molecule has 2 atom stereocenters. The molecule has 1 unspecified atom stereocenters. The van der Waals surface area contributed by atoms with Crippen LogP contribution in [0.5, 0.6) is 0 Å². The molecule has 0 aromatic heterocycles. The minimum absolute atomic E-state index is 0.153. The summed E-state index contributed by atoms with van der Waals surface area (Å²) in [5.41, 5.74) is 1.96. The average Bonchev–Trinajstić information content (AvgIpc) is 3.46. The summed E-state index contributed by atoms with van der Waals surface area (Å²) < 4.78 is 11.3. The number of hydrogen-bond acceptors (Lipinski definition) is 7. The molecule has 40 heavy (non-hydrogen) atoms. The Balaban J connectivity index is 1.49. The summed E-state index contributed by atoms with van der Waals surface area (Å²) in [4.78, 5) is 51.8. The fourth-order valence-corrected chi connectivity index (χ4v) is 4.40. The van der Waals surface area contributed by atoms with Crippen molar-refractivity contribution >= 4 is 23.7 Å². The molecule has 0 bridgehead atoms. The van der Waals surface area contributed by atoms with E-state index in [4.69, 9.17) is 9.47 Å². The standard InChI is InChI=1S/C31H41N3O6/c1-2-3-16-28(35)33-21-29(36)34(18-11-10-17-30(37)40-23-25-14-8-5-9-15-25)31(38)27-19-26(20-32-27)39-22-24-12-6-4-7-13-24/h4-9,12-15,26-27,32H,2-3,10-11,16-23H2,1H3,(H,33,35)/t26?,27-/m0/s1. The Hall–Kier alpha value is -3.56. The van der Waals surface area contributed by atoms with Gasteiger partial charge in [0.05, 0.1) is 25.3 Å². The second-order valence-electron chi connectivity index (χ2n) is 9.98. The highest BCUT2D eigenvalue weighted by Crippen LogP contribution is 2.16. The van der Waals surface area contributed by atoms with Crippen molar-refractivity contribution < 1.29 is 28.7 Å². The van der Waals surface area contributed by atoms with E-state index in [-0.39, 0.29) is 50.0 Å². The molecule has 0 radical (unpaired) electrons. The Morgan fingerprint density at radius 1 is 0.900 bits per heavy atom. The third kappa shape index (κ3) is 10.9. The highest BCUT2D eigenvalue weighted by molar-refractivity contribution is 5.99. The van der Waals surface area contributed by atoms with E-state index in [1.807, 2.05) is 67.6 Å². The lowest BCUT2D eigenvalue weighted by Gasteiger charge is -2.24. The lowest BCUT2D eigenvalue weighted by Crippen LogP contribution is -2.50. The van der Waals surface area contributed by atoms with Crippen LogP contribution in [0.3, 0.4) is 0 Å². The highest BCUT2D eigenvalue weighted by atomic mass is 16.5. The largest absolute Gasteiger partial charge is 0.461 e. The molecule has 2 aromatic carbocycles. The summed E-state index contributed by atoms with van der Waals surface area (Å²) in [6.45, 7) is 3.06. The lowest BCUT2D eigenvalue weighted by atomic mass is 10.1. The molecule has 216 valence electrons. The van der Waals surface area contributed by atoms with Gasteiger partial charge >= 0.3 is 5.97 Å². The number of esters is 1. The number of nitrogens with one attached hydrogen (secondary N) is 2. The van der Waals surface area contributed by atoms with E-state index in [9.17, 15) is 19.2 Å². The average molecular weight is 552 g/mol. The first-order valence-corrected chi connectivity index (χ1v) is 14.2. The smallest absolute Gasteiger partial charge is 0.306 e. The van der Waals surface area contributed by atoms with Crippen molar-refractivity contribution in [2.45, 2.75) is 77.2 Å². The van der Waals surface area contributed by atoms with Crippen molar-refractivity contribution in [2.75, 3.05) is 19.6 Å². The number of hydrogen-bond donors (Lipinski definition) is 2. The van der Waals surface area contributed by atoms with Crippen LogP contribution < -0.4 is 10.6 Å². The van der Waals surface area contributed by atoms with Gasteiger partial charge in [-0.3, -0.25) is 24.1 Å². The fraction of sp³-hybridized carbons (Fsp3) is 0.484. The van der Waals surface area contributed by atoms with E-state index >= 15 is 0 Å². The first kappa shape index (κ1) is 31.0. The molecule has 0 saturated carbocycles. The van der Waals surface area contributed by atoms with Crippen LogP contribution in [0, 0.1) is 0 Å². The van der Waals surface area contributed by atoms with Crippen LogP contribution in [0.2, 0.25) is 0 Å². The molecule has 1 aliphatic rings. The number of benzene rings is 2. The monoisotopic (exact) mass is 551 g/mol. The van der Waals surface area contributed by atoms with Gasteiger partial charge in [0.15, 0.2) is 0 Å². The Bertz CT molecular complexity index is 1080. The molecule has 2 N–H and O–H groups in total. The topological polar surface area (TPSA) is 114 Å². The Labute approximate surface area is 236 Å². The summed E-state index contributed by atoms with van der Waals surface area (Å²) >= 11 is 0. The maximum atomic E-state index is 13.4. The normalized spacial score (nSPS) is 16.3. The van der Waals surface area contributed by atoms with Crippen LogP contribution in [0.15, 0.2) is 60.7 Å². The third-order valence-electron chi connectivity index (χ3n) is 6.73. The number of carbonyl (C=O) groups is 4. The van der Waals surface area contributed by atoms with Gasteiger partial charge in [-0.1, -0.05) is 74.0 Å². The van der Waals surface area contributed by atoms with E-state index in [1.165, 1.54) is 4.90 Å². The SMILES string of the molecule is CCCCC(=O)NCC(=O)N(CCCCC(=O)OCc1ccccc1)C(=O)[C@@H]1CC(OCc2ccccc2)CN1. The molecule has 1 heterocycles. The number of unbranched alkanes of at least 4 members (excludes halogenated alkanes) is 2. The molecular formula is C31H41N3O6. The predicted octanol–water partition coefficient (Wildman–Crippen LogP) is 3.51. The zero-order valence-electron chi connectivity index (χ0n) is 23.3. The number of imide groups is 1. The van der Waals surface area contributed by atoms with E-state index in [2.05, 4.69) is 10.6 Å². The van der Waals surface area contributed by atoms with Crippen molar-refractivity contribution in [2.24, 2.45) is 0 Å². The van der Waals surface area contributed by atoms with Crippen molar-refractivity contribution in [1.29, 1.82) is 0 Å². The van der Waals surface area contributed by atoms with Gasteiger partial charge in [-0.25, -0.2) is 0 Å². The summed E-state index contributed by atoms with van der Waals surface area (Å²) in [7, 11) is 0. The minimum atomic E-state index is -0.559. The second-order valence-corrected chi connectivity index (χ2v) is 9.98. The molecular weight excluding hydrogens is 510 g/mol.